The molecule has 0 aromatic carbocycles. The zero-order valence-corrected chi connectivity index (χ0v) is 11.2. The summed E-state index contributed by atoms with van der Waals surface area (Å²) >= 11 is 0. The summed E-state index contributed by atoms with van der Waals surface area (Å²) in [6, 6.07) is 0.150. The molecular formula is C13H22F3NO2. The number of hydrogen-bond acceptors (Lipinski definition) is 2. The van der Waals surface area contributed by atoms with Gasteiger partial charge in [-0.25, -0.2) is 0 Å². The summed E-state index contributed by atoms with van der Waals surface area (Å²) in [6.07, 6.45) is -2.26. The Labute approximate surface area is 111 Å². The van der Waals surface area contributed by atoms with Crippen LogP contribution in [-0.4, -0.2) is 41.3 Å². The Hall–Kier alpha value is -0.780. The molecule has 0 amide bonds. The summed E-state index contributed by atoms with van der Waals surface area (Å²) < 4.78 is 36.2. The molecule has 112 valence electrons. The van der Waals surface area contributed by atoms with Crippen LogP contribution in [0.5, 0.6) is 0 Å². The lowest BCUT2D eigenvalue weighted by Gasteiger charge is -2.24. The van der Waals surface area contributed by atoms with Gasteiger partial charge in [-0.05, 0) is 45.1 Å². The van der Waals surface area contributed by atoms with Crippen molar-refractivity contribution in [1.29, 1.82) is 0 Å². The van der Waals surface area contributed by atoms with E-state index >= 15 is 0 Å². The van der Waals surface area contributed by atoms with Gasteiger partial charge in [0.2, 0.25) is 0 Å². The Balaban J connectivity index is 2.20. The average molecular weight is 281 g/mol. The minimum Gasteiger partial charge on any atom is -0.481 e. The van der Waals surface area contributed by atoms with E-state index in [1.165, 1.54) is 0 Å². The lowest BCUT2D eigenvalue weighted by molar-refractivity contribution is -0.137. The van der Waals surface area contributed by atoms with Gasteiger partial charge in [-0.3, -0.25) is 4.79 Å². The van der Waals surface area contributed by atoms with Crippen LogP contribution in [-0.2, 0) is 4.79 Å². The predicted octanol–water partition coefficient (Wildman–Crippen LogP) is 3.29. The fourth-order valence-electron chi connectivity index (χ4n) is 2.61. The van der Waals surface area contributed by atoms with Gasteiger partial charge in [0.05, 0.1) is 0 Å². The summed E-state index contributed by atoms with van der Waals surface area (Å²) in [5, 5.41) is 8.62. The van der Waals surface area contributed by atoms with Crippen LogP contribution in [0, 0.1) is 5.92 Å². The number of halogens is 3. The fraction of sp³-hybridized carbons (Fsp3) is 0.923. The van der Waals surface area contributed by atoms with Crippen molar-refractivity contribution in [1.82, 2.24) is 4.90 Å². The number of alkyl halides is 3. The van der Waals surface area contributed by atoms with Crippen molar-refractivity contribution in [2.45, 2.75) is 57.7 Å². The average Bonchev–Trinajstić information content (AvgIpc) is 2.73. The highest BCUT2D eigenvalue weighted by Crippen LogP contribution is 2.26. The van der Waals surface area contributed by atoms with Crippen LogP contribution in [0.4, 0.5) is 13.2 Å². The first kappa shape index (κ1) is 16.3. The monoisotopic (exact) mass is 281 g/mol. The number of aliphatic carboxylic acids is 1. The molecule has 1 saturated heterocycles. The number of hydrogen-bond donors (Lipinski definition) is 1. The van der Waals surface area contributed by atoms with Gasteiger partial charge >= 0.3 is 12.1 Å². The third-order valence-electron chi connectivity index (χ3n) is 3.79. The molecule has 1 N–H and O–H groups in total. The SMILES string of the molecule is CC(CCCC(F)(F)F)N1CCC(CCC(=O)O)C1. The molecule has 1 aliphatic heterocycles. The van der Waals surface area contributed by atoms with Crippen LogP contribution >= 0.6 is 0 Å². The van der Waals surface area contributed by atoms with Gasteiger partial charge < -0.3 is 10.0 Å². The second-order valence-corrected chi connectivity index (χ2v) is 5.44. The van der Waals surface area contributed by atoms with Crippen molar-refractivity contribution >= 4 is 5.97 Å². The zero-order chi connectivity index (χ0) is 14.5. The van der Waals surface area contributed by atoms with E-state index in [1.807, 2.05) is 6.92 Å². The van der Waals surface area contributed by atoms with Crippen LogP contribution < -0.4 is 0 Å². The molecule has 2 atom stereocenters. The predicted molar refractivity (Wildman–Crippen MR) is 65.9 cm³/mol. The molecule has 0 aromatic heterocycles. The molecule has 1 fully saturated rings. The van der Waals surface area contributed by atoms with E-state index in [0.717, 1.165) is 19.5 Å². The number of carbonyl (C=O) groups is 1. The van der Waals surface area contributed by atoms with E-state index in [1.54, 1.807) is 0 Å². The number of carboxylic acids is 1. The van der Waals surface area contributed by atoms with E-state index in [0.29, 0.717) is 18.8 Å². The van der Waals surface area contributed by atoms with Crippen molar-refractivity contribution in [2.24, 2.45) is 5.92 Å². The zero-order valence-electron chi connectivity index (χ0n) is 11.2. The molecule has 3 nitrogen and oxygen atoms in total. The quantitative estimate of drug-likeness (QED) is 0.778. The Bertz CT molecular complexity index is 294. The molecule has 0 saturated carbocycles. The van der Waals surface area contributed by atoms with E-state index < -0.39 is 18.6 Å². The number of likely N-dealkylation sites (tertiary alicyclic amines) is 1. The van der Waals surface area contributed by atoms with E-state index in [2.05, 4.69) is 4.90 Å². The van der Waals surface area contributed by atoms with E-state index in [-0.39, 0.29) is 18.9 Å². The second-order valence-electron chi connectivity index (χ2n) is 5.44. The molecule has 19 heavy (non-hydrogen) atoms. The Morgan fingerprint density at radius 2 is 2.16 bits per heavy atom. The van der Waals surface area contributed by atoms with Crippen molar-refractivity contribution in [3.63, 3.8) is 0 Å². The van der Waals surface area contributed by atoms with Gasteiger partial charge in [0.1, 0.15) is 0 Å². The normalized spacial score (nSPS) is 22.6. The first-order valence-corrected chi connectivity index (χ1v) is 6.80. The molecule has 6 heteroatoms. The van der Waals surface area contributed by atoms with Gasteiger partial charge in [0.15, 0.2) is 0 Å². The van der Waals surface area contributed by atoms with Gasteiger partial charge in [0.25, 0.3) is 0 Å². The largest absolute Gasteiger partial charge is 0.481 e. The summed E-state index contributed by atoms with van der Waals surface area (Å²) in [4.78, 5) is 12.7. The standard InChI is InChI=1S/C13H22F3NO2/c1-10(3-2-7-13(14,15)16)17-8-6-11(9-17)4-5-12(18)19/h10-11H,2-9H2,1H3,(H,18,19). The molecule has 2 unspecified atom stereocenters. The summed E-state index contributed by atoms with van der Waals surface area (Å²) in [5.41, 5.74) is 0. The smallest absolute Gasteiger partial charge is 0.389 e. The number of carboxylic acid groups (broad SMARTS) is 1. The van der Waals surface area contributed by atoms with Gasteiger partial charge in [0, 0.05) is 25.4 Å². The van der Waals surface area contributed by atoms with Crippen molar-refractivity contribution in [2.75, 3.05) is 13.1 Å². The minimum atomic E-state index is -4.06. The molecule has 0 radical (unpaired) electrons. The van der Waals surface area contributed by atoms with Crippen LogP contribution in [0.25, 0.3) is 0 Å². The molecule has 1 aliphatic rings. The van der Waals surface area contributed by atoms with Gasteiger partial charge in [-0.1, -0.05) is 0 Å². The van der Waals surface area contributed by atoms with Crippen molar-refractivity contribution in [3.8, 4) is 0 Å². The third-order valence-corrected chi connectivity index (χ3v) is 3.79. The highest BCUT2D eigenvalue weighted by molar-refractivity contribution is 5.66. The fourth-order valence-corrected chi connectivity index (χ4v) is 2.61. The van der Waals surface area contributed by atoms with Gasteiger partial charge in [-0.2, -0.15) is 13.2 Å². The Morgan fingerprint density at radius 3 is 2.74 bits per heavy atom. The molecule has 0 aromatic rings. The highest BCUT2D eigenvalue weighted by atomic mass is 19.4. The third kappa shape index (κ3) is 6.80. The number of rotatable bonds is 7. The summed E-state index contributed by atoms with van der Waals surface area (Å²) in [7, 11) is 0. The lowest BCUT2D eigenvalue weighted by atomic mass is 10.0. The van der Waals surface area contributed by atoms with Crippen molar-refractivity contribution in [3.05, 3.63) is 0 Å². The number of nitrogens with zero attached hydrogens (tertiary/aromatic N) is 1. The molecule has 1 heterocycles. The lowest BCUT2D eigenvalue weighted by Crippen LogP contribution is -2.31. The maximum Gasteiger partial charge on any atom is 0.389 e. The van der Waals surface area contributed by atoms with E-state index in [4.69, 9.17) is 5.11 Å². The first-order valence-electron chi connectivity index (χ1n) is 6.80. The second kappa shape index (κ2) is 7.12. The maximum atomic E-state index is 12.1. The summed E-state index contributed by atoms with van der Waals surface area (Å²) in [6.45, 7) is 3.65. The summed E-state index contributed by atoms with van der Waals surface area (Å²) in [5.74, 6) is -0.405. The van der Waals surface area contributed by atoms with Crippen LogP contribution in [0.2, 0.25) is 0 Å². The van der Waals surface area contributed by atoms with Crippen LogP contribution in [0.3, 0.4) is 0 Å². The Kier molecular flexibility index (Phi) is 6.10. The Morgan fingerprint density at radius 1 is 1.47 bits per heavy atom. The maximum absolute atomic E-state index is 12.1. The minimum absolute atomic E-state index is 0.150. The molecular weight excluding hydrogens is 259 g/mol. The molecule has 0 spiro atoms. The molecule has 1 rings (SSSR count). The highest BCUT2D eigenvalue weighted by Gasteiger charge is 2.29. The topological polar surface area (TPSA) is 40.5 Å². The van der Waals surface area contributed by atoms with Crippen LogP contribution in [0.15, 0.2) is 0 Å². The van der Waals surface area contributed by atoms with Gasteiger partial charge in [-0.15, -0.1) is 0 Å². The molecule has 0 aliphatic carbocycles. The van der Waals surface area contributed by atoms with E-state index in [9.17, 15) is 18.0 Å². The van der Waals surface area contributed by atoms with Crippen molar-refractivity contribution < 1.29 is 23.1 Å². The van der Waals surface area contributed by atoms with Crippen LogP contribution in [0.1, 0.15) is 45.4 Å². The molecule has 0 bridgehead atoms. The first-order chi connectivity index (χ1) is 8.78.